The quantitative estimate of drug-likeness (QED) is 0.694. The van der Waals surface area contributed by atoms with E-state index in [9.17, 15) is 0 Å². The minimum Gasteiger partial charge on any atom is -0.396 e. The molecule has 94 valence electrons. The van der Waals surface area contributed by atoms with Gasteiger partial charge in [0.1, 0.15) is 22.2 Å². The molecule has 4 N–H and O–H groups in total. The van der Waals surface area contributed by atoms with E-state index in [0.717, 1.165) is 21.0 Å². The van der Waals surface area contributed by atoms with Gasteiger partial charge < -0.3 is 11.5 Å². The lowest BCUT2D eigenvalue weighted by atomic mass is 10.2. The number of para-hydroxylation sites is 1. The Bertz CT molecular complexity index is 739. The first-order chi connectivity index (χ1) is 9.24. The standard InChI is InChI=1S/C13H11N5S/c14-9-5-6-11(18-12(9)15)19-13-8-3-1-2-4-10(8)16-7-17-13/h1-7H,14H2,(H2,15,18). The third-order valence-corrected chi connectivity index (χ3v) is 3.59. The van der Waals surface area contributed by atoms with E-state index in [1.807, 2.05) is 30.3 Å². The molecule has 0 unspecified atom stereocenters. The van der Waals surface area contributed by atoms with Gasteiger partial charge in [-0.3, -0.25) is 0 Å². The first kappa shape index (κ1) is 11.7. The third-order valence-electron chi connectivity index (χ3n) is 2.64. The zero-order valence-corrected chi connectivity index (χ0v) is 10.8. The maximum absolute atomic E-state index is 5.70. The molecule has 0 bridgehead atoms. The van der Waals surface area contributed by atoms with Gasteiger partial charge in [0.2, 0.25) is 0 Å². The Morgan fingerprint density at radius 2 is 1.79 bits per heavy atom. The topological polar surface area (TPSA) is 90.7 Å². The number of nitrogen functional groups attached to an aromatic ring is 2. The van der Waals surface area contributed by atoms with Gasteiger partial charge in [-0.1, -0.05) is 18.2 Å². The van der Waals surface area contributed by atoms with Gasteiger partial charge in [0.25, 0.3) is 0 Å². The summed E-state index contributed by atoms with van der Waals surface area (Å²) >= 11 is 1.44. The summed E-state index contributed by atoms with van der Waals surface area (Å²) in [4.78, 5) is 12.7. The molecule has 19 heavy (non-hydrogen) atoms. The Labute approximate surface area is 114 Å². The van der Waals surface area contributed by atoms with Gasteiger partial charge in [-0.2, -0.15) is 0 Å². The Morgan fingerprint density at radius 3 is 2.63 bits per heavy atom. The molecule has 0 atom stereocenters. The number of hydrogen-bond donors (Lipinski definition) is 2. The van der Waals surface area contributed by atoms with Crippen LogP contribution < -0.4 is 11.5 Å². The number of pyridine rings is 1. The summed E-state index contributed by atoms with van der Waals surface area (Å²) in [6.07, 6.45) is 1.55. The smallest absolute Gasteiger partial charge is 0.147 e. The molecule has 6 heteroatoms. The second kappa shape index (κ2) is 4.74. The number of rotatable bonds is 2. The van der Waals surface area contributed by atoms with Crippen molar-refractivity contribution in [1.82, 2.24) is 15.0 Å². The summed E-state index contributed by atoms with van der Waals surface area (Å²) in [5, 5.41) is 2.60. The van der Waals surface area contributed by atoms with Crippen LogP contribution in [0.15, 0.2) is 52.8 Å². The molecule has 0 fully saturated rings. The number of fused-ring (bicyclic) bond motifs is 1. The maximum atomic E-state index is 5.70. The highest BCUT2D eigenvalue weighted by Crippen LogP contribution is 2.30. The van der Waals surface area contributed by atoms with Crippen molar-refractivity contribution in [2.75, 3.05) is 11.5 Å². The molecule has 2 aromatic heterocycles. The van der Waals surface area contributed by atoms with E-state index < -0.39 is 0 Å². The molecule has 3 rings (SSSR count). The van der Waals surface area contributed by atoms with Crippen LogP contribution in [0.5, 0.6) is 0 Å². The summed E-state index contributed by atoms with van der Waals surface area (Å²) < 4.78 is 0. The average Bonchev–Trinajstić information content (AvgIpc) is 2.43. The van der Waals surface area contributed by atoms with Gasteiger partial charge >= 0.3 is 0 Å². The summed E-state index contributed by atoms with van der Waals surface area (Å²) in [6.45, 7) is 0. The van der Waals surface area contributed by atoms with Crippen molar-refractivity contribution in [3.63, 3.8) is 0 Å². The average molecular weight is 269 g/mol. The molecule has 5 nitrogen and oxygen atoms in total. The molecular formula is C13H11N5S. The fourth-order valence-corrected chi connectivity index (χ4v) is 2.54. The summed E-state index contributed by atoms with van der Waals surface area (Å²) in [6, 6.07) is 11.4. The largest absolute Gasteiger partial charge is 0.396 e. The van der Waals surface area contributed by atoms with E-state index in [4.69, 9.17) is 11.5 Å². The Morgan fingerprint density at radius 1 is 0.947 bits per heavy atom. The molecule has 0 saturated heterocycles. The van der Waals surface area contributed by atoms with Crippen molar-refractivity contribution in [2.24, 2.45) is 0 Å². The van der Waals surface area contributed by atoms with E-state index in [1.54, 1.807) is 12.4 Å². The van der Waals surface area contributed by atoms with Crippen LogP contribution in [0.1, 0.15) is 0 Å². The van der Waals surface area contributed by atoms with Crippen molar-refractivity contribution >= 4 is 34.2 Å². The van der Waals surface area contributed by atoms with Crippen LogP contribution in [0.25, 0.3) is 10.9 Å². The number of hydrogen-bond acceptors (Lipinski definition) is 6. The zero-order chi connectivity index (χ0) is 13.2. The molecule has 0 amide bonds. The van der Waals surface area contributed by atoms with Crippen molar-refractivity contribution < 1.29 is 0 Å². The lowest BCUT2D eigenvalue weighted by Crippen LogP contribution is -1.98. The van der Waals surface area contributed by atoms with Gasteiger partial charge in [-0.15, -0.1) is 0 Å². The first-order valence-corrected chi connectivity index (χ1v) is 6.45. The summed E-state index contributed by atoms with van der Waals surface area (Å²) in [5.74, 6) is 0.336. The van der Waals surface area contributed by atoms with Crippen molar-refractivity contribution in [3.05, 3.63) is 42.7 Å². The highest BCUT2D eigenvalue weighted by molar-refractivity contribution is 7.99. The van der Waals surface area contributed by atoms with E-state index in [1.165, 1.54) is 11.8 Å². The molecule has 1 aromatic carbocycles. The van der Waals surface area contributed by atoms with Crippen LogP contribution in [0.4, 0.5) is 11.5 Å². The van der Waals surface area contributed by atoms with Gasteiger partial charge in [-0.05, 0) is 30.0 Å². The second-order valence-electron chi connectivity index (χ2n) is 3.92. The monoisotopic (exact) mass is 269 g/mol. The number of nitrogens with two attached hydrogens (primary N) is 2. The molecule has 0 radical (unpaired) electrons. The molecular weight excluding hydrogens is 258 g/mol. The Kier molecular flexibility index (Phi) is 2.92. The van der Waals surface area contributed by atoms with Crippen molar-refractivity contribution in [1.29, 1.82) is 0 Å². The van der Waals surface area contributed by atoms with E-state index in [0.29, 0.717) is 11.5 Å². The van der Waals surface area contributed by atoms with Crippen LogP contribution in [0.3, 0.4) is 0 Å². The molecule has 3 aromatic rings. The number of nitrogens with zero attached hydrogens (tertiary/aromatic N) is 3. The van der Waals surface area contributed by atoms with E-state index in [-0.39, 0.29) is 0 Å². The molecule has 0 saturated carbocycles. The molecule has 0 aliphatic carbocycles. The van der Waals surface area contributed by atoms with Gasteiger partial charge in [0.05, 0.1) is 11.2 Å². The molecule has 0 spiro atoms. The Hall–Kier alpha value is -2.34. The van der Waals surface area contributed by atoms with E-state index in [2.05, 4.69) is 15.0 Å². The number of aromatic nitrogens is 3. The van der Waals surface area contributed by atoms with Crippen LogP contribution in [-0.4, -0.2) is 15.0 Å². The van der Waals surface area contributed by atoms with E-state index >= 15 is 0 Å². The minimum absolute atomic E-state index is 0.336. The predicted molar refractivity (Wildman–Crippen MR) is 76.7 cm³/mol. The normalized spacial score (nSPS) is 10.7. The lowest BCUT2D eigenvalue weighted by molar-refractivity contribution is 1.08. The Balaban J connectivity index is 2.03. The summed E-state index contributed by atoms with van der Waals surface area (Å²) in [7, 11) is 0. The van der Waals surface area contributed by atoms with Gasteiger partial charge in [0.15, 0.2) is 0 Å². The maximum Gasteiger partial charge on any atom is 0.147 e. The van der Waals surface area contributed by atoms with Crippen LogP contribution in [-0.2, 0) is 0 Å². The van der Waals surface area contributed by atoms with Crippen molar-refractivity contribution in [2.45, 2.75) is 10.1 Å². The highest BCUT2D eigenvalue weighted by Gasteiger charge is 2.07. The van der Waals surface area contributed by atoms with Gasteiger partial charge in [-0.25, -0.2) is 15.0 Å². The van der Waals surface area contributed by atoms with Crippen molar-refractivity contribution in [3.8, 4) is 0 Å². The summed E-state index contributed by atoms with van der Waals surface area (Å²) in [5.41, 5.74) is 12.7. The minimum atomic E-state index is 0.336. The van der Waals surface area contributed by atoms with Gasteiger partial charge in [0, 0.05) is 5.39 Å². The molecule has 0 aliphatic rings. The fourth-order valence-electron chi connectivity index (χ4n) is 1.68. The van der Waals surface area contributed by atoms with Crippen LogP contribution in [0.2, 0.25) is 0 Å². The lowest BCUT2D eigenvalue weighted by Gasteiger charge is -2.05. The zero-order valence-electron chi connectivity index (χ0n) is 9.95. The highest BCUT2D eigenvalue weighted by atomic mass is 32.2. The number of anilines is 2. The van der Waals surface area contributed by atoms with Crippen LogP contribution in [0, 0.1) is 0 Å². The number of benzene rings is 1. The molecule has 2 heterocycles. The molecule has 0 aliphatic heterocycles. The van der Waals surface area contributed by atoms with Crippen LogP contribution >= 0.6 is 11.8 Å². The second-order valence-corrected chi connectivity index (χ2v) is 4.93. The SMILES string of the molecule is Nc1ccc(Sc2ncnc3ccccc23)nc1N. The third kappa shape index (κ3) is 2.30. The fraction of sp³-hybridized carbons (Fsp3) is 0. The first-order valence-electron chi connectivity index (χ1n) is 5.63. The predicted octanol–water partition coefficient (Wildman–Crippen LogP) is 2.34.